The number of aromatic nitrogens is 1. The van der Waals surface area contributed by atoms with Crippen molar-refractivity contribution < 1.29 is 23.4 Å². The molecule has 1 aliphatic rings. The molecule has 0 amide bonds. The fourth-order valence-electron chi connectivity index (χ4n) is 4.63. The van der Waals surface area contributed by atoms with E-state index in [1.54, 1.807) is 39.2 Å². The van der Waals surface area contributed by atoms with Gasteiger partial charge in [0.15, 0.2) is 16.3 Å². The maximum atomic E-state index is 13.9. The number of ether oxygens (including phenoxy) is 3. The van der Waals surface area contributed by atoms with Crippen molar-refractivity contribution in [3.05, 3.63) is 103 Å². The fourth-order valence-corrected chi connectivity index (χ4v) is 5.66. The van der Waals surface area contributed by atoms with E-state index in [9.17, 15) is 9.59 Å². The number of esters is 1. The van der Waals surface area contributed by atoms with Crippen molar-refractivity contribution >= 4 is 23.4 Å². The summed E-state index contributed by atoms with van der Waals surface area (Å²) < 4.78 is 24.9. The molecule has 1 aliphatic heterocycles. The van der Waals surface area contributed by atoms with Gasteiger partial charge in [-0.15, -0.1) is 0 Å². The molecule has 1 atom stereocenters. The molecule has 0 bridgehead atoms. The standard InChI is InChI=1S/C31H30N2O6S/c1-6-37-30(35)27-19(4)32-31-33(28(27)21-12-14-24(38-18(2)3)25(16-21)36-5)29(34)26(40-31)17-22-13-15-23(39-22)20-10-8-7-9-11-20/h7-18,28H,6H2,1-5H3/b26-17-/t28-/m1/s1. The van der Waals surface area contributed by atoms with E-state index in [-0.39, 0.29) is 18.3 Å². The number of rotatable bonds is 8. The zero-order valence-electron chi connectivity index (χ0n) is 23.0. The van der Waals surface area contributed by atoms with Gasteiger partial charge in [-0.05, 0) is 57.5 Å². The Kier molecular flexibility index (Phi) is 7.75. The Morgan fingerprint density at radius 2 is 1.90 bits per heavy atom. The summed E-state index contributed by atoms with van der Waals surface area (Å²) >= 11 is 1.24. The molecule has 0 saturated heterocycles. The molecule has 9 heteroatoms. The predicted octanol–water partition coefficient (Wildman–Crippen LogP) is 4.85. The van der Waals surface area contributed by atoms with E-state index in [2.05, 4.69) is 4.99 Å². The molecule has 0 unspecified atom stereocenters. The van der Waals surface area contributed by atoms with Crippen LogP contribution in [0, 0.1) is 0 Å². The van der Waals surface area contributed by atoms with Crippen molar-refractivity contribution in [1.82, 2.24) is 4.57 Å². The number of allylic oxidation sites excluding steroid dienone is 1. The highest BCUT2D eigenvalue weighted by Crippen LogP contribution is 2.36. The van der Waals surface area contributed by atoms with Gasteiger partial charge in [0.05, 0.1) is 41.7 Å². The summed E-state index contributed by atoms with van der Waals surface area (Å²) in [4.78, 5) is 32.2. The zero-order valence-corrected chi connectivity index (χ0v) is 23.8. The van der Waals surface area contributed by atoms with Gasteiger partial charge in [-0.25, -0.2) is 9.79 Å². The second-order valence-corrected chi connectivity index (χ2v) is 10.5. The monoisotopic (exact) mass is 558 g/mol. The molecule has 0 aliphatic carbocycles. The van der Waals surface area contributed by atoms with E-state index < -0.39 is 12.0 Å². The molecule has 4 aromatic rings. The number of hydrogen-bond acceptors (Lipinski definition) is 8. The minimum Gasteiger partial charge on any atom is -0.493 e. The number of carbonyl (C=O) groups is 1. The van der Waals surface area contributed by atoms with E-state index in [0.29, 0.717) is 49.2 Å². The molecule has 2 aromatic heterocycles. The van der Waals surface area contributed by atoms with Gasteiger partial charge >= 0.3 is 5.97 Å². The third-order valence-corrected chi connectivity index (χ3v) is 7.32. The first-order valence-electron chi connectivity index (χ1n) is 13.0. The van der Waals surface area contributed by atoms with E-state index in [0.717, 1.165) is 5.56 Å². The molecular weight excluding hydrogens is 528 g/mol. The van der Waals surface area contributed by atoms with E-state index in [4.69, 9.17) is 18.6 Å². The van der Waals surface area contributed by atoms with Crippen LogP contribution in [0.1, 0.15) is 45.1 Å². The first-order valence-corrected chi connectivity index (χ1v) is 13.8. The SMILES string of the molecule is CCOC(=O)C1=C(C)N=c2s/c(=C\c3ccc(-c4ccccc4)o3)c(=O)n2[C@@H]1c1ccc(OC(C)C)c(OC)c1. The van der Waals surface area contributed by atoms with Crippen LogP contribution in [0.4, 0.5) is 0 Å². The summed E-state index contributed by atoms with van der Waals surface area (Å²) in [6.45, 7) is 7.55. The second kappa shape index (κ2) is 11.4. The van der Waals surface area contributed by atoms with Gasteiger partial charge in [0.25, 0.3) is 5.56 Å². The van der Waals surface area contributed by atoms with Crippen molar-refractivity contribution in [2.75, 3.05) is 13.7 Å². The van der Waals surface area contributed by atoms with Crippen LogP contribution < -0.4 is 24.4 Å². The highest BCUT2D eigenvalue weighted by atomic mass is 32.1. The third kappa shape index (κ3) is 5.24. The first-order chi connectivity index (χ1) is 19.3. The number of carbonyl (C=O) groups excluding carboxylic acids is 1. The Morgan fingerprint density at radius 3 is 2.60 bits per heavy atom. The molecule has 0 spiro atoms. The summed E-state index contributed by atoms with van der Waals surface area (Å²) in [5.74, 6) is 1.78. The third-order valence-electron chi connectivity index (χ3n) is 6.34. The first kappa shape index (κ1) is 27.2. The van der Waals surface area contributed by atoms with E-state index >= 15 is 0 Å². The van der Waals surface area contributed by atoms with Gasteiger partial charge in [0.1, 0.15) is 11.5 Å². The fraction of sp³-hybridized carbons (Fsp3) is 0.258. The maximum absolute atomic E-state index is 13.9. The smallest absolute Gasteiger partial charge is 0.338 e. The van der Waals surface area contributed by atoms with Crippen LogP contribution in [0.25, 0.3) is 17.4 Å². The summed E-state index contributed by atoms with van der Waals surface area (Å²) in [5.41, 5.74) is 2.11. The molecule has 40 heavy (non-hydrogen) atoms. The molecular formula is C31H30N2O6S. The topological polar surface area (TPSA) is 92.3 Å². The number of furan rings is 1. The predicted molar refractivity (Wildman–Crippen MR) is 153 cm³/mol. The van der Waals surface area contributed by atoms with Crippen LogP contribution in [-0.2, 0) is 9.53 Å². The number of hydrogen-bond donors (Lipinski definition) is 0. The number of thiazole rings is 1. The Bertz CT molecular complexity index is 1760. The molecule has 206 valence electrons. The Hall–Kier alpha value is -4.37. The Labute approximate surface area is 235 Å². The average Bonchev–Trinajstić information content (AvgIpc) is 3.53. The summed E-state index contributed by atoms with van der Waals surface area (Å²) in [7, 11) is 1.55. The number of methoxy groups -OCH3 is 1. The molecule has 0 fully saturated rings. The minimum atomic E-state index is -0.768. The highest BCUT2D eigenvalue weighted by molar-refractivity contribution is 7.07. The lowest BCUT2D eigenvalue weighted by Crippen LogP contribution is -2.40. The lowest BCUT2D eigenvalue weighted by Gasteiger charge is -2.25. The van der Waals surface area contributed by atoms with Crippen LogP contribution >= 0.6 is 11.3 Å². The lowest BCUT2D eigenvalue weighted by atomic mass is 9.95. The van der Waals surface area contributed by atoms with E-state index in [1.165, 1.54) is 15.9 Å². The highest BCUT2D eigenvalue weighted by Gasteiger charge is 2.34. The number of fused-ring (bicyclic) bond motifs is 1. The minimum absolute atomic E-state index is 0.0568. The molecule has 3 heterocycles. The van der Waals surface area contributed by atoms with Gasteiger partial charge < -0.3 is 18.6 Å². The zero-order chi connectivity index (χ0) is 28.4. The van der Waals surface area contributed by atoms with Crippen LogP contribution in [0.15, 0.2) is 86.1 Å². The Morgan fingerprint density at radius 1 is 1.12 bits per heavy atom. The quantitative estimate of drug-likeness (QED) is 0.287. The van der Waals surface area contributed by atoms with Crippen molar-refractivity contribution in [2.24, 2.45) is 4.99 Å². The van der Waals surface area contributed by atoms with Crippen LogP contribution in [0.5, 0.6) is 11.5 Å². The summed E-state index contributed by atoms with van der Waals surface area (Å²) in [6.07, 6.45) is 1.65. The van der Waals surface area contributed by atoms with Crippen molar-refractivity contribution in [3.8, 4) is 22.8 Å². The van der Waals surface area contributed by atoms with Crippen molar-refractivity contribution in [1.29, 1.82) is 0 Å². The molecule has 0 radical (unpaired) electrons. The van der Waals surface area contributed by atoms with Gasteiger partial charge in [-0.2, -0.15) is 0 Å². The molecule has 2 aromatic carbocycles. The molecule has 0 saturated carbocycles. The number of nitrogens with zero attached hydrogens (tertiary/aromatic N) is 2. The van der Waals surface area contributed by atoms with Gasteiger partial charge in [0, 0.05) is 11.6 Å². The van der Waals surface area contributed by atoms with Crippen molar-refractivity contribution in [2.45, 2.75) is 39.8 Å². The lowest BCUT2D eigenvalue weighted by molar-refractivity contribution is -0.139. The van der Waals surface area contributed by atoms with Gasteiger partial charge in [0.2, 0.25) is 0 Å². The van der Waals surface area contributed by atoms with Gasteiger partial charge in [-0.3, -0.25) is 9.36 Å². The molecule has 5 rings (SSSR count). The van der Waals surface area contributed by atoms with Crippen molar-refractivity contribution in [3.63, 3.8) is 0 Å². The van der Waals surface area contributed by atoms with Crippen LogP contribution in [-0.4, -0.2) is 30.4 Å². The Balaban J connectivity index is 1.65. The van der Waals surface area contributed by atoms with Gasteiger partial charge in [-0.1, -0.05) is 47.7 Å². The summed E-state index contributed by atoms with van der Waals surface area (Å²) in [5, 5.41) is 0. The molecule has 8 nitrogen and oxygen atoms in total. The number of benzene rings is 2. The van der Waals surface area contributed by atoms with E-state index in [1.807, 2.05) is 62.4 Å². The largest absolute Gasteiger partial charge is 0.493 e. The van der Waals surface area contributed by atoms with Crippen LogP contribution in [0.3, 0.4) is 0 Å². The maximum Gasteiger partial charge on any atom is 0.338 e. The normalized spacial score (nSPS) is 15.2. The summed E-state index contributed by atoms with van der Waals surface area (Å²) in [6, 6.07) is 18.1. The van der Waals surface area contributed by atoms with Crippen LogP contribution in [0.2, 0.25) is 0 Å². The second-order valence-electron chi connectivity index (χ2n) is 9.45. The average molecular weight is 559 g/mol. The molecule has 0 N–H and O–H groups in total.